The fourth-order valence-electron chi connectivity index (χ4n) is 2.19. The lowest BCUT2D eigenvalue weighted by Crippen LogP contribution is -2.22. The minimum Gasteiger partial charge on any atom is -0.496 e. The van der Waals surface area contributed by atoms with E-state index in [4.69, 9.17) is 4.74 Å². The van der Waals surface area contributed by atoms with E-state index >= 15 is 0 Å². The van der Waals surface area contributed by atoms with Gasteiger partial charge in [-0.1, -0.05) is 22.0 Å². The van der Waals surface area contributed by atoms with Crippen LogP contribution >= 0.6 is 15.9 Å². The van der Waals surface area contributed by atoms with E-state index < -0.39 is 0 Å². The highest BCUT2D eigenvalue weighted by Crippen LogP contribution is 2.24. The Balaban J connectivity index is 2.09. The van der Waals surface area contributed by atoms with Crippen LogP contribution in [-0.4, -0.2) is 25.5 Å². The summed E-state index contributed by atoms with van der Waals surface area (Å²) in [6, 6.07) is 12.3. The molecule has 0 fully saturated rings. The van der Waals surface area contributed by atoms with E-state index in [2.05, 4.69) is 26.6 Å². The minimum absolute atomic E-state index is 0.173. The van der Waals surface area contributed by atoms with Crippen molar-refractivity contribution in [1.82, 2.24) is 5.32 Å². The molecule has 0 aromatic heterocycles. The zero-order chi connectivity index (χ0) is 18.2. The summed E-state index contributed by atoms with van der Waals surface area (Å²) in [5, 5.41) is 5.47. The monoisotopic (exact) mass is 402 g/mol. The van der Waals surface area contributed by atoms with Gasteiger partial charge in [-0.2, -0.15) is 0 Å². The van der Waals surface area contributed by atoms with Crippen molar-refractivity contribution < 1.29 is 14.3 Å². The van der Waals surface area contributed by atoms with Crippen LogP contribution in [0.4, 0.5) is 5.69 Å². The molecule has 5 nitrogen and oxygen atoms in total. The quantitative estimate of drug-likeness (QED) is 0.720. The number of carbonyl (C=O) groups is 2. The van der Waals surface area contributed by atoms with Gasteiger partial charge in [-0.05, 0) is 49.4 Å². The van der Waals surface area contributed by atoms with Gasteiger partial charge in [0.15, 0.2) is 0 Å². The van der Waals surface area contributed by atoms with Crippen molar-refractivity contribution in [3.05, 3.63) is 64.1 Å². The van der Waals surface area contributed by atoms with Crippen LogP contribution in [-0.2, 0) is 4.79 Å². The number of hydrogen-bond donors (Lipinski definition) is 2. The van der Waals surface area contributed by atoms with Crippen LogP contribution in [0, 0.1) is 0 Å². The standard InChI is InChI=1S/C19H19BrN2O3/c1-3-21-19(24)14-5-4-6-16(12-14)22-18(23)10-7-13-11-15(20)8-9-17(13)25-2/h4-12H,3H2,1-2H3,(H,21,24)(H,22,23)/b10-7+. The third kappa shape index (κ3) is 5.46. The van der Waals surface area contributed by atoms with E-state index in [1.165, 1.54) is 6.08 Å². The molecule has 6 heteroatoms. The third-order valence-corrected chi connectivity index (χ3v) is 3.83. The molecule has 0 atom stereocenters. The number of carbonyl (C=O) groups excluding carboxylic acids is 2. The summed E-state index contributed by atoms with van der Waals surface area (Å²) >= 11 is 3.39. The molecule has 2 rings (SSSR count). The fourth-order valence-corrected chi connectivity index (χ4v) is 2.56. The fraction of sp³-hybridized carbons (Fsp3) is 0.158. The zero-order valence-corrected chi connectivity index (χ0v) is 15.6. The van der Waals surface area contributed by atoms with E-state index in [9.17, 15) is 9.59 Å². The highest BCUT2D eigenvalue weighted by atomic mass is 79.9. The molecular formula is C19H19BrN2O3. The summed E-state index contributed by atoms with van der Waals surface area (Å²) in [5.41, 5.74) is 1.83. The SMILES string of the molecule is CCNC(=O)c1cccc(NC(=O)/C=C/c2cc(Br)ccc2OC)c1. The molecule has 0 aliphatic carbocycles. The van der Waals surface area contributed by atoms with Crippen LogP contribution in [0.2, 0.25) is 0 Å². The summed E-state index contributed by atoms with van der Waals surface area (Å²) in [7, 11) is 1.58. The van der Waals surface area contributed by atoms with E-state index in [-0.39, 0.29) is 11.8 Å². The molecule has 2 aromatic rings. The summed E-state index contributed by atoms with van der Waals surface area (Å²) < 4.78 is 6.16. The zero-order valence-electron chi connectivity index (χ0n) is 14.0. The molecule has 0 heterocycles. The van der Waals surface area contributed by atoms with Crippen molar-refractivity contribution in [1.29, 1.82) is 0 Å². The number of amides is 2. The highest BCUT2D eigenvalue weighted by molar-refractivity contribution is 9.10. The van der Waals surface area contributed by atoms with Gasteiger partial charge in [0, 0.05) is 33.9 Å². The Hall–Kier alpha value is -2.60. The van der Waals surface area contributed by atoms with Crippen LogP contribution in [0.1, 0.15) is 22.8 Å². The molecule has 2 aromatic carbocycles. The Morgan fingerprint density at radius 3 is 2.72 bits per heavy atom. The lowest BCUT2D eigenvalue weighted by atomic mass is 10.1. The Morgan fingerprint density at radius 2 is 2.00 bits per heavy atom. The van der Waals surface area contributed by atoms with Crippen LogP contribution in [0.5, 0.6) is 5.75 Å². The smallest absolute Gasteiger partial charge is 0.251 e. The van der Waals surface area contributed by atoms with Gasteiger partial charge >= 0.3 is 0 Å². The van der Waals surface area contributed by atoms with E-state index in [1.807, 2.05) is 25.1 Å². The number of hydrogen-bond acceptors (Lipinski definition) is 3. The van der Waals surface area contributed by atoms with Gasteiger partial charge in [-0.15, -0.1) is 0 Å². The number of benzene rings is 2. The molecule has 0 spiro atoms. The summed E-state index contributed by atoms with van der Waals surface area (Å²) in [6.45, 7) is 2.40. The van der Waals surface area contributed by atoms with Crippen molar-refractivity contribution in [3.63, 3.8) is 0 Å². The first-order valence-corrected chi connectivity index (χ1v) is 8.53. The number of rotatable bonds is 6. The largest absolute Gasteiger partial charge is 0.496 e. The number of ether oxygens (including phenoxy) is 1. The summed E-state index contributed by atoms with van der Waals surface area (Å²) in [5.74, 6) is 0.202. The molecule has 0 unspecified atom stereocenters. The maximum Gasteiger partial charge on any atom is 0.251 e. The summed E-state index contributed by atoms with van der Waals surface area (Å²) in [6.07, 6.45) is 3.09. The Kier molecular flexibility index (Phi) is 6.77. The topological polar surface area (TPSA) is 67.4 Å². The normalized spacial score (nSPS) is 10.5. The first-order chi connectivity index (χ1) is 12.0. The third-order valence-electron chi connectivity index (χ3n) is 3.34. The van der Waals surface area contributed by atoms with Crippen molar-refractivity contribution in [2.24, 2.45) is 0 Å². The number of halogens is 1. The van der Waals surface area contributed by atoms with Gasteiger partial charge < -0.3 is 15.4 Å². The Bertz CT molecular complexity index is 803. The molecule has 2 N–H and O–H groups in total. The van der Waals surface area contributed by atoms with E-state index in [1.54, 1.807) is 37.5 Å². The van der Waals surface area contributed by atoms with Crippen LogP contribution in [0.3, 0.4) is 0 Å². The van der Waals surface area contributed by atoms with E-state index in [0.717, 1.165) is 10.0 Å². The average molecular weight is 403 g/mol. The van der Waals surface area contributed by atoms with Crippen molar-refractivity contribution in [2.75, 3.05) is 19.0 Å². The molecule has 0 saturated carbocycles. The average Bonchev–Trinajstić information content (AvgIpc) is 2.60. The Labute approximate surface area is 155 Å². The van der Waals surface area contributed by atoms with E-state index in [0.29, 0.717) is 23.5 Å². The van der Waals surface area contributed by atoms with Crippen molar-refractivity contribution in [2.45, 2.75) is 6.92 Å². The molecule has 0 aliphatic rings. The molecule has 0 aliphatic heterocycles. The molecule has 2 amide bonds. The van der Waals surface area contributed by atoms with Crippen LogP contribution < -0.4 is 15.4 Å². The maximum atomic E-state index is 12.1. The predicted molar refractivity (Wildman–Crippen MR) is 103 cm³/mol. The van der Waals surface area contributed by atoms with Gasteiger partial charge in [-0.25, -0.2) is 0 Å². The lowest BCUT2D eigenvalue weighted by molar-refractivity contribution is -0.111. The first-order valence-electron chi connectivity index (χ1n) is 7.74. The molecule has 130 valence electrons. The predicted octanol–water partition coefficient (Wildman–Crippen LogP) is 3.86. The first kappa shape index (κ1) is 18.7. The number of nitrogens with one attached hydrogen (secondary N) is 2. The van der Waals surface area contributed by atoms with Gasteiger partial charge in [-0.3, -0.25) is 9.59 Å². The lowest BCUT2D eigenvalue weighted by Gasteiger charge is -2.07. The summed E-state index contributed by atoms with van der Waals surface area (Å²) in [4.78, 5) is 24.0. The molecule has 0 radical (unpaired) electrons. The number of methoxy groups -OCH3 is 1. The second kappa shape index (κ2) is 9.03. The van der Waals surface area contributed by atoms with Crippen molar-refractivity contribution in [3.8, 4) is 5.75 Å². The maximum absolute atomic E-state index is 12.1. The Morgan fingerprint density at radius 1 is 1.20 bits per heavy atom. The van der Waals surface area contributed by atoms with Gasteiger partial charge in [0.2, 0.25) is 5.91 Å². The van der Waals surface area contributed by atoms with Crippen LogP contribution in [0.15, 0.2) is 53.0 Å². The van der Waals surface area contributed by atoms with Gasteiger partial charge in [0.05, 0.1) is 7.11 Å². The second-order valence-corrected chi connectivity index (χ2v) is 6.06. The van der Waals surface area contributed by atoms with Crippen LogP contribution in [0.25, 0.3) is 6.08 Å². The minimum atomic E-state index is -0.296. The molecule has 0 saturated heterocycles. The highest BCUT2D eigenvalue weighted by Gasteiger charge is 2.06. The van der Waals surface area contributed by atoms with Gasteiger partial charge in [0.1, 0.15) is 5.75 Å². The second-order valence-electron chi connectivity index (χ2n) is 5.15. The molecule has 25 heavy (non-hydrogen) atoms. The molecular weight excluding hydrogens is 384 g/mol. The molecule has 0 bridgehead atoms. The van der Waals surface area contributed by atoms with Gasteiger partial charge in [0.25, 0.3) is 5.91 Å². The van der Waals surface area contributed by atoms with Crippen molar-refractivity contribution >= 4 is 39.5 Å². The number of anilines is 1.